The van der Waals surface area contributed by atoms with Gasteiger partial charge in [-0.3, -0.25) is 48.3 Å². The molecule has 8 amide bonds. The average molecular weight is 1050 g/mol. The Bertz CT molecular complexity index is 3030. The number of imide groups is 2. The predicted octanol–water partition coefficient (Wildman–Crippen LogP) is 0.934. The lowest BCUT2D eigenvalue weighted by Gasteiger charge is -2.33. The van der Waals surface area contributed by atoms with E-state index >= 15 is 0 Å². The maximum Gasteiger partial charge on any atom is 0.526 e. The van der Waals surface area contributed by atoms with E-state index in [1.807, 2.05) is 0 Å². The molecule has 0 aliphatic carbocycles. The molecule has 0 spiro atoms. The fourth-order valence-electron chi connectivity index (χ4n) is 9.10. The van der Waals surface area contributed by atoms with Gasteiger partial charge in [0.1, 0.15) is 23.6 Å². The van der Waals surface area contributed by atoms with Crippen LogP contribution in [0.15, 0.2) is 77.9 Å². The van der Waals surface area contributed by atoms with Crippen LogP contribution in [0.2, 0.25) is 11.6 Å². The van der Waals surface area contributed by atoms with Crippen molar-refractivity contribution < 1.29 is 77.5 Å². The number of rotatable bonds is 14. The number of aromatic amines is 1. The number of pyridine rings is 2. The number of urea groups is 2. The zero-order chi connectivity index (χ0) is 55.1. The van der Waals surface area contributed by atoms with Crippen molar-refractivity contribution in [3.63, 3.8) is 0 Å². The first-order valence-corrected chi connectivity index (χ1v) is 24.1. The first-order chi connectivity index (χ1) is 36.2. The number of carbonyl (C=O) groups is 10. The van der Waals surface area contributed by atoms with Crippen LogP contribution < -0.4 is 25.5 Å². The van der Waals surface area contributed by atoms with E-state index in [0.717, 1.165) is 9.80 Å². The summed E-state index contributed by atoms with van der Waals surface area (Å²) in [6.07, 6.45) is 2.45. The number of nitrogens with zero attached hydrogens (tertiary/aromatic N) is 5. The highest BCUT2D eigenvalue weighted by Gasteiger charge is 2.43. The number of para-hydroxylation sites is 2. The number of carbonyl (C=O) groups excluding carboxylic acids is 8. The van der Waals surface area contributed by atoms with E-state index in [-0.39, 0.29) is 80.1 Å². The molecule has 2 fully saturated rings. The number of hydrogen-bond donors (Lipinski definition) is 7. The summed E-state index contributed by atoms with van der Waals surface area (Å²) in [6, 6.07) is 10.5. The van der Waals surface area contributed by atoms with Crippen molar-refractivity contribution in [1.29, 1.82) is 0 Å². The fraction of sp³-hybridized carbons (Fsp3) is 0.347. The van der Waals surface area contributed by atoms with E-state index < -0.39 is 103 Å². The molecular formula is C49H52B2N8O17. The first kappa shape index (κ1) is 55.0. The number of amides is 8. The number of nitrogens with one attached hydrogen (secondary N) is 3. The molecule has 2 saturated heterocycles. The van der Waals surface area contributed by atoms with Crippen molar-refractivity contribution in [2.24, 2.45) is 0 Å². The Morgan fingerprint density at radius 3 is 1.49 bits per heavy atom. The van der Waals surface area contributed by atoms with E-state index in [1.54, 1.807) is 51.1 Å². The molecule has 4 aliphatic heterocycles. The third kappa shape index (κ3) is 12.1. The Kier molecular flexibility index (Phi) is 17.1. The van der Waals surface area contributed by atoms with E-state index in [1.165, 1.54) is 52.5 Å². The summed E-state index contributed by atoms with van der Waals surface area (Å²) in [5.41, 5.74) is 1.64. The molecule has 4 aromatic rings. The molecule has 2 unspecified atom stereocenters. The Morgan fingerprint density at radius 1 is 0.645 bits per heavy atom. The highest BCUT2D eigenvalue weighted by molar-refractivity contribution is 6.47. The minimum absolute atomic E-state index is 0.0187. The molecule has 4 aliphatic rings. The van der Waals surface area contributed by atoms with Crippen LogP contribution in [-0.4, -0.2) is 163 Å². The summed E-state index contributed by atoms with van der Waals surface area (Å²) in [7, 11) is -2.96. The largest absolute Gasteiger partial charge is 0.535 e. The smallest absolute Gasteiger partial charge is 0.526 e. The number of Topliss-reactive ketones (excluding diaryl/α,β-unsaturated/α-hetero) is 2. The number of carboxylic acids is 2. The van der Waals surface area contributed by atoms with Gasteiger partial charge in [-0.15, -0.1) is 0 Å². The van der Waals surface area contributed by atoms with Gasteiger partial charge in [0, 0.05) is 93.5 Å². The van der Waals surface area contributed by atoms with E-state index in [4.69, 9.17) is 9.31 Å². The van der Waals surface area contributed by atoms with E-state index in [2.05, 4.69) is 20.6 Å². The summed E-state index contributed by atoms with van der Waals surface area (Å²) in [5, 5.41) is 45.0. The number of aromatic nitrogens is 2. The van der Waals surface area contributed by atoms with Crippen molar-refractivity contribution in [3.8, 4) is 11.5 Å². The number of likely N-dealkylation sites (N-methyl/N-ethyl adjacent to an activating group) is 2. The van der Waals surface area contributed by atoms with E-state index in [0.29, 0.717) is 35.5 Å². The molecule has 76 heavy (non-hydrogen) atoms. The van der Waals surface area contributed by atoms with Crippen molar-refractivity contribution >= 4 is 73.4 Å². The predicted molar refractivity (Wildman–Crippen MR) is 265 cm³/mol. The summed E-state index contributed by atoms with van der Waals surface area (Å²) in [6.45, 7) is 6.08. The summed E-state index contributed by atoms with van der Waals surface area (Å²) in [4.78, 5) is 148. The Hall–Kier alpha value is -8.71. The maximum atomic E-state index is 13.5. The van der Waals surface area contributed by atoms with Gasteiger partial charge in [0.2, 0.25) is 5.56 Å². The quantitative estimate of drug-likeness (QED) is 0.0682. The van der Waals surface area contributed by atoms with Crippen molar-refractivity contribution in [2.75, 3.05) is 39.3 Å². The van der Waals surface area contributed by atoms with Gasteiger partial charge in [0.05, 0.1) is 11.1 Å². The fourth-order valence-corrected chi connectivity index (χ4v) is 9.10. The molecule has 2 aromatic carbocycles. The number of benzene rings is 2. The van der Waals surface area contributed by atoms with Crippen LogP contribution >= 0.6 is 0 Å². The summed E-state index contributed by atoms with van der Waals surface area (Å²) < 4.78 is 10.9. The first-order valence-electron chi connectivity index (χ1n) is 24.1. The molecule has 2 aromatic heterocycles. The second-order valence-electron chi connectivity index (χ2n) is 18.2. The minimum atomic E-state index is -1.50. The van der Waals surface area contributed by atoms with Crippen molar-refractivity contribution in [2.45, 2.75) is 70.2 Å². The van der Waals surface area contributed by atoms with Crippen LogP contribution in [0.1, 0.15) is 87.4 Å². The van der Waals surface area contributed by atoms with Gasteiger partial charge in [-0.1, -0.05) is 30.3 Å². The molecule has 396 valence electrons. The van der Waals surface area contributed by atoms with Gasteiger partial charge in [0.25, 0.3) is 0 Å². The van der Waals surface area contributed by atoms with E-state index in [9.17, 15) is 73.0 Å². The number of aromatic carboxylic acids is 2. The Balaban J connectivity index is 0.000000221. The van der Waals surface area contributed by atoms with Gasteiger partial charge in [-0.2, -0.15) is 0 Å². The van der Waals surface area contributed by atoms with Gasteiger partial charge >= 0.3 is 61.9 Å². The molecule has 4 atom stereocenters. The Labute approximate surface area is 433 Å². The third-order valence-electron chi connectivity index (χ3n) is 13.3. The lowest BCUT2D eigenvalue weighted by atomic mass is 9.64. The standard InChI is InChI=1S/C25H27BN4O8.C24H25BN4O9/c1-3-29-9-10-30(23(33)22(29)32)25(36)28-20(16-8-7-14(2)27-13-16)19(31)12-17-11-15-5-4-6-18(24(34)35)21(15)38-26(17)37;1-2-28-8-9-29(22(33)21(28)32)24(36)27-19(14-6-7-18(31)26-12-14)17(30)11-15-10-13-4-3-5-16(23(34)35)20(13)38-25(15)37/h4-8,13,17,20,37H,3,9-12H2,1-2H3,(H,28,36)(H,34,35);3-7,12,15,19,37H,2,8-11H2,1H3,(H,26,31)(H,27,36)(H,34,35)/t17-,20?;15-,19?/m11/s1. The highest BCUT2D eigenvalue weighted by atomic mass is 16.5. The third-order valence-corrected chi connectivity index (χ3v) is 13.3. The number of H-pyrrole nitrogens is 1. The van der Waals surface area contributed by atoms with Crippen LogP contribution in [0.5, 0.6) is 11.5 Å². The molecule has 0 bridgehead atoms. The van der Waals surface area contributed by atoms with Crippen molar-refractivity contribution in [3.05, 3.63) is 122 Å². The molecule has 25 nitrogen and oxygen atoms in total. The number of piperazine rings is 2. The summed E-state index contributed by atoms with van der Waals surface area (Å²) in [5.74, 6) is -8.54. The van der Waals surface area contributed by atoms with Crippen molar-refractivity contribution in [1.82, 2.24) is 40.2 Å². The van der Waals surface area contributed by atoms with Gasteiger partial charge in [-0.05, 0) is 74.6 Å². The lowest BCUT2D eigenvalue weighted by Crippen LogP contribution is -2.58. The molecule has 7 N–H and O–H groups in total. The second-order valence-corrected chi connectivity index (χ2v) is 18.2. The number of aryl methyl sites for hydroxylation is 1. The van der Waals surface area contributed by atoms with Crippen LogP contribution in [0.4, 0.5) is 9.59 Å². The molecule has 0 radical (unpaired) electrons. The molecule has 6 heterocycles. The minimum Gasteiger partial charge on any atom is -0.535 e. The van der Waals surface area contributed by atoms with Gasteiger partial charge < -0.3 is 55.0 Å². The Morgan fingerprint density at radius 2 is 1.09 bits per heavy atom. The topological polar surface area (TPSA) is 353 Å². The molecule has 8 rings (SSSR count). The number of carboxylic acid groups (broad SMARTS) is 2. The number of hydrogen-bond acceptors (Lipinski definition) is 16. The average Bonchev–Trinajstić information content (AvgIpc) is 3.39. The highest BCUT2D eigenvalue weighted by Crippen LogP contribution is 2.39. The van der Waals surface area contributed by atoms with Crippen LogP contribution in [0.3, 0.4) is 0 Å². The van der Waals surface area contributed by atoms with Crippen LogP contribution in [0, 0.1) is 6.92 Å². The monoisotopic (exact) mass is 1050 g/mol. The second kappa shape index (κ2) is 23.7. The van der Waals surface area contributed by atoms with Crippen LogP contribution in [0.25, 0.3) is 0 Å². The maximum absolute atomic E-state index is 13.5. The zero-order valence-corrected chi connectivity index (χ0v) is 41.3. The number of fused-ring (bicyclic) bond motifs is 2. The SMILES string of the molecule is CCN1CCN(C(=O)NC(C(=O)C[C@H]2Cc3cccc(C(=O)O)c3OB2O)c2ccc(=O)[nH]c2)C(=O)C1=O.CCN1CCN(C(=O)NC(C(=O)C[C@H]2Cc3cccc(C(=O)O)c3OB2O)c2ccc(C)nc2)C(=O)C1=O. The lowest BCUT2D eigenvalue weighted by molar-refractivity contribution is -0.153. The number of ketones is 2. The van der Waals surface area contributed by atoms with Crippen LogP contribution in [-0.2, 0) is 41.6 Å². The summed E-state index contributed by atoms with van der Waals surface area (Å²) >= 11 is 0. The molecular weight excluding hydrogens is 994 g/mol. The molecule has 0 saturated carbocycles. The normalized spacial score (nSPS) is 18.0. The van der Waals surface area contributed by atoms with Gasteiger partial charge in [-0.25, -0.2) is 19.2 Å². The van der Waals surface area contributed by atoms with Gasteiger partial charge in [0.15, 0.2) is 11.6 Å². The zero-order valence-electron chi connectivity index (χ0n) is 41.3. The molecule has 27 heteroatoms.